The van der Waals surface area contributed by atoms with Crippen molar-refractivity contribution in [3.63, 3.8) is 0 Å². The Labute approximate surface area is 189 Å². The molecule has 174 valence electrons. The number of benzene rings is 1. The van der Waals surface area contributed by atoms with Crippen molar-refractivity contribution >= 4 is 16.9 Å². The molecule has 2 aromatic rings. The van der Waals surface area contributed by atoms with Crippen LogP contribution in [0, 0.1) is 11.8 Å². The van der Waals surface area contributed by atoms with Crippen LogP contribution in [0.15, 0.2) is 24.3 Å². The lowest BCUT2D eigenvalue weighted by atomic mass is 9.56. The normalized spacial score (nSPS) is 30.8. The summed E-state index contributed by atoms with van der Waals surface area (Å²) in [5.41, 5.74) is 2.86. The fourth-order valence-electron chi connectivity index (χ4n) is 6.71. The van der Waals surface area contributed by atoms with Gasteiger partial charge in [0.2, 0.25) is 0 Å². The Kier molecular flexibility index (Phi) is 6.25. The highest BCUT2D eigenvalue weighted by atomic mass is 16.7. The van der Waals surface area contributed by atoms with Crippen molar-refractivity contribution in [2.75, 3.05) is 53.9 Å². The molecule has 1 N–H and O–H groups in total. The first-order valence-electron chi connectivity index (χ1n) is 11.8. The third kappa shape index (κ3) is 3.55. The van der Waals surface area contributed by atoms with Crippen molar-refractivity contribution in [1.29, 1.82) is 0 Å². The maximum atomic E-state index is 13.6. The molecule has 0 amide bonds. The van der Waals surface area contributed by atoms with E-state index in [-0.39, 0.29) is 18.8 Å². The molecule has 3 aliphatic heterocycles. The number of esters is 1. The van der Waals surface area contributed by atoms with Gasteiger partial charge in [0, 0.05) is 49.4 Å². The van der Waals surface area contributed by atoms with Crippen LogP contribution in [0.5, 0.6) is 0 Å². The van der Waals surface area contributed by atoms with Crippen molar-refractivity contribution in [2.24, 2.45) is 11.8 Å². The largest absolute Gasteiger partial charge is 0.468 e. The Morgan fingerprint density at radius 3 is 2.88 bits per heavy atom. The second-order valence-corrected chi connectivity index (χ2v) is 9.46. The zero-order valence-electron chi connectivity index (χ0n) is 19.1. The van der Waals surface area contributed by atoms with E-state index in [0.717, 1.165) is 50.0 Å². The van der Waals surface area contributed by atoms with Gasteiger partial charge in [-0.2, -0.15) is 0 Å². The molecule has 0 spiro atoms. The summed E-state index contributed by atoms with van der Waals surface area (Å²) >= 11 is 0. The molecule has 4 aliphatic rings. The molecule has 1 aliphatic carbocycles. The summed E-state index contributed by atoms with van der Waals surface area (Å²) in [7, 11) is 3.19. The molecule has 6 rings (SSSR count). The summed E-state index contributed by atoms with van der Waals surface area (Å²) in [6, 6.07) is 8.56. The van der Waals surface area contributed by atoms with Gasteiger partial charge in [0.1, 0.15) is 12.2 Å². The molecule has 4 heterocycles. The van der Waals surface area contributed by atoms with E-state index in [4.69, 9.17) is 18.9 Å². The lowest BCUT2D eigenvalue weighted by Crippen LogP contribution is -2.67. The number of aromatic nitrogens is 1. The highest BCUT2D eigenvalue weighted by Crippen LogP contribution is 2.55. The van der Waals surface area contributed by atoms with E-state index in [1.54, 1.807) is 7.11 Å². The molecule has 32 heavy (non-hydrogen) atoms. The van der Waals surface area contributed by atoms with E-state index in [0.29, 0.717) is 31.7 Å². The van der Waals surface area contributed by atoms with Crippen LogP contribution >= 0.6 is 0 Å². The third-order valence-corrected chi connectivity index (χ3v) is 7.77. The van der Waals surface area contributed by atoms with Crippen LogP contribution in [0.2, 0.25) is 0 Å². The number of rotatable bonds is 9. The summed E-state index contributed by atoms with van der Waals surface area (Å²) in [5, 5.41) is 1.24. The lowest BCUT2D eigenvalue weighted by molar-refractivity contribution is -0.163. The van der Waals surface area contributed by atoms with Gasteiger partial charge < -0.3 is 23.9 Å². The number of nitrogens with zero attached hydrogens (tertiary/aromatic N) is 1. The zero-order chi connectivity index (χ0) is 22.1. The molecule has 1 aromatic carbocycles. The summed E-state index contributed by atoms with van der Waals surface area (Å²) in [6.07, 6.45) is 3.87. The van der Waals surface area contributed by atoms with E-state index in [2.05, 4.69) is 34.1 Å². The number of hydrogen-bond donors (Lipinski definition) is 1. The van der Waals surface area contributed by atoms with Gasteiger partial charge in [0.05, 0.1) is 20.3 Å². The van der Waals surface area contributed by atoms with Gasteiger partial charge in [-0.3, -0.25) is 9.69 Å². The number of ether oxygens (including phenoxy) is 4. The molecule has 2 saturated heterocycles. The number of carbonyl (C=O) groups is 1. The standard InChI is InChI=1S/C25H34N2O5/c1-29-11-12-32-16-31-10-8-18-13-17-14-25(24(28)30-2)22-20(7-9-27(15-17)23(18)25)19-5-3-4-6-21(19)26-22/h3-6,17-18,23,26H,7-16H2,1-2H3/t17-,18?,23-,25?/m0/s1. The van der Waals surface area contributed by atoms with Crippen molar-refractivity contribution in [1.82, 2.24) is 9.88 Å². The summed E-state index contributed by atoms with van der Waals surface area (Å²) in [6.45, 7) is 4.06. The van der Waals surface area contributed by atoms with Gasteiger partial charge in [0.25, 0.3) is 0 Å². The topological polar surface area (TPSA) is 73.0 Å². The van der Waals surface area contributed by atoms with Crippen LogP contribution in [-0.2, 0) is 35.6 Å². The van der Waals surface area contributed by atoms with Gasteiger partial charge >= 0.3 is 5.97 Å². The van der Waals surface area contributed by atoms with Crippen LogP contribution in [0.3, 0.4) is 0 Å². The monoisotopic (exact) mass is 442 g/mol. The number of methoxy groups -OCH3 is 2. The number of para-hydroxylation sites is 1. The van der Waals surface area contributed by atoms with Crippen LogP contribution in [0.4, 0.5) is 0 Å². The molecule has 7 heteroatoms. The molecule has 3 fully saturated rings. The van der Waals surface area contributed by atoms with Gasteiger partial charge in [-0.15, -0.1) is 0 Å². The molecule has 3 unspecified atom stereocenters. The van der Waals surface area contributed by atoms with Crippen molar-refractivity contribution in [3.05, 3.63) is 35.5 Å². The van der Waals surface area contributed by atoms with E-state index < -0.39 is 5.41 Å². The Balaban J connectivity index is 1.44. The Hall–Kier alpha value is -1.93. The van der Waals surface area contributed by atoms with Crippen molar-refractivity contribution in [3.8, 4) is 0 Å². The smallest absolute Gasteiger partial charge is 0.319 e. The van der Waals surface area contributed by atoms with E-state index in [1.165, 1.54) is 18.1 Å². The quantitative estimate of drug-likeness (QED) is 0.366. The average Bonchev–Trinajstić information content (AvgIpc) is 3.16. The molecule has 5 atom stereocenters. The zero-order valence-corrected chi connectivity index (χ0v) is 19.1. The van der Waals surface area contributed by atoms with Gasteiger partial charge in [-0.1, -0.05) is 18.2 Å². The maximum Gasteiger partial charge on any atom is 0.319 e. The van der Waals surface area contributed by atoms with Gasteiger partial charge in [-0.25, -0.2) is 0 Å². The first-order valence-corrected chi connectivity index (χ1v) is 11.8. The lowest BCUT2D eigenvalue weighted by Gasteiger charge is -2.58. The molecular formula is C25H34N2O5. The van der Waals surface area contributed by atoms with Gasteiger partial charge in [-0.05, 0) is 49.1 Å². The van der Waals surface area contributed by atoms with Crippen LogP contribution < -0.4 is 0 Å². The Morgan fingerprint density at radius 2 is 2.03 bits per heavy atom. The summed E-state index contributed by atoms with van der Waals surface area (Å²) < 4.78 is 21.7. The highest BCUT2D eigenvalue weighted by Gasteiger charge is 2.62. The second-order valence-electron chi connectivity index (χ2n) is 9.46. The van der Waals surface area contributed by atoms with Crippen LogP contribution in [-0.4, -0.2) is 75.8 Å². The van der Waals surface area contributed by atoms with E-state index in [1.807, 2.05) is 0 Å². The minimum absolute atomic E-state index is 0.0968. The predicted molar refractivity (Wildman–Crippen MR) is 121 cm³/mol. The number of piperidine rings is 2. The number of hydrogen-bond acceptors (Lipinski definition) is 6. The Bertz CT molecular complexity index is 959. The maximum absolute atomic E-state index is 13.6. The molecule has 1 saturated carbocycles. The number of carbonyl (C=O) groups excluding carboxylic acids is 1. The van der Waals surface area contributed by atoms with Crippen LogP contribution in [0.1, 0.15) is 30.5 Å². The average molecular weight is 443 g/mol. The van der Waals surface area contributed by atoms with E-state index >= 15 is 0 Å². The fraction of sp³-hybridized carbons (Fsp3) is 0.640. The summed E-state index contributed by atoms with van der Waals surface area (Å²) in [5.74, 6) is 0.776. The Morgan fingerprint density at radius 1 is 1.19 bits per heavy atom. The number of nitrogens with one attached hydrogen (secondary N) is 1. The minimum Gasteiger partial charge on any atom is -0.468 e. The fourth-order valence-corrected chi connectivity index (χ4v) is 6.71. The molecule has 1 aromatic heterocycles. The molecule has 0 radical (unpaired) electrons. The number of H-pyrrole nitrogens is 1. The summed E-state index contributed by atoms with van der Waals surface area (Å²) in [4.78, 5) is 19.8. The van der Waals surface area contributed by atoms with Crippen LogP contribution in [0.25, 0.3) is 10.9 Å². The minimum atomic E-state index is -0.638. The first kappa shape index (κ1) is 21.9. The SMILES string of the molecule is COCCOCOCCC1C[C@@H]2CN3CCc4c([nH]c5ccccc45)C(C(=O)OC)(C2)[C@H]13. The number of aromatic amines is 1. The second kappa shape index (κ2) is 9.14. The number of fused-ring (bicyclic) bond motifs is 4. The third-order valence-electron chi connectivity index (χ3n) is 7.77. The van der Waals surface area contributed by atoms with Crippen molar-refractivity contribution < 1.29 is 23.7 Å². The molecular weight excluding hydrogens is 408 g/mol. The highest BCUT2D eigenvalue weighted by molar-refractivity contribution is 5.91. The molecule has 7 nitrogen and oxygen atoms in total. The van der Waals surface area contributed by atoms with Gasteiger partial charge in [0.15, 0.2) is 0 Å². The first-order chi connectivity index (χ1) is 15.7. The molecule has 4 bridgehead atoms. The predicted octanol–water partition coefficient (Wildman–Crippen LogP) is 2.87. The van der Waals surface area contributed by atoms with Crippen molar-refractivity contribution in [2.45, 2.75) is 37.1 Å². The van der Waals surface area contributed by atoms with E-state index in [9.17, 15) is 4.79 Å².